The van der Waals surface area contributed by atoms with Gasteiger partial charge in [0.25, 0.3) is 0 Å². The van der Waals surface area contributed by atoms with Crippen molar-refractivity contribution in [3.05, 3.63) is 18.2 Å². The highest BCUT2D eigenvalue weighted by molar-refractivity contribution is 5.12. The Bertz CT molecular complexity index is 345. The highest BCUT2D eigenvalue weighted by atomic mass is 15.2. The van der Waals surface area contributed by atoms with Crippen molar-refractivity contribution in [2.45, 2.75) is 51.9 Å². The number of hydrogen-bond donors (Lipinski definition) is 1. The second-order valence-electron chi connectivity index (χ2n) is 4.83. The zero-order valence-electron chi connectivity index (χ0n) is 10.4. The van der Waals surface area contributed by atoms with E-state index in [1.54, 1.807) is 0 Å². The molecule has 4 heteroatoms. The molecule has 0 bridgehead atoms. The Morgan fingerprint density at radius 2 is 2.31 bits per heavy atom. The van der Waals surface area contributed by atoms with E-state index in [1.165, 1.54) is 5.69 Å². The molecule has 16 heavy (non-hydrogen) atoms. The number of imidazole rings is 1. The smallest absolute Gasteiger partial charge is 0.0948 e. The topological polar surface area (TPSA) is 47.1 Å². The van der Waals surface area contributed by atoms with E-state index in [1.807, 2.05) is 12.5 Å². The Kier molecular flexibility index (Phi) is 3.30. The predicted octanol–water partition coefficient (Wildman–Crippen LogP) is 1.39. The summed E-state index contributed by atoms with van der Waals surface area (Å²) in [7, 11) is 0. The molecule has 0 radical (unpaired) electrons. The lowest BCUT2D eigenvalue weighted by molar-refractivity contribution is 0.191. The van der Waals surface area contributed by atoms with Crippen molar-refractivity contribution in [2.75, 3.05) is 6.54 Å². The molecule has 2 heterocycles. The number of aromatic nitrogens is 2. The molecule has 1 aliphatic rings. The third-order valence-corrected chi connectivity index (χ3v) is 3.53. The van der Waals surface area contributed by atoms with Crippen LogP contribution in [0.25, 0.3) is 0 Å². The molecule has 1 saturated heterocycles. The molecule has 2 unspecified atom stereocenters. The summed E-state index contributed by atoms with van der Waals surface area (Å²) in [6.07, 6.45) is 4.95. The number of nitrogens with two attached hydrogens (primary N) is 1. The Labute approximate surface area is 97.4 Å². The van der Waals surface area contributed by atoms with Gasteiger partial charge in [0.15, 0.2) is 0 Å². The van der Waals surface area contributed by atoms with Gasteiger partial charge in [0.1, 0.15) is 0 Å². The van der Waals surface area contributed by atoms with Crippen LogP contribution in [-0.4, -0.2) is 33.1 Å². The molecule has 0 aromatic carbocycles. The van der Waals surface area contributed by atoms with Crippen molar-refractivity contribution in [2.24, 2.45) is 5.73 Å². The van der Waals surface area contributed by atoms with Crippen LogP contribution in [0, 0.1) is 0 Å². The Morgan fingerprint density at radius 1 is 1.56 bits per heavy atom. The average molecular weight is 222 g/mol. The number of likely N-dealkylation sites (tertiary alicyclic amines) is 1. The van der Waals surface area contributed by atoms with Gasteiger partial charge in [-0.15, -0.1) is 0 Å². The first-order chi connectivity index (χ1) is 7.65. The molecule has 0 aliphatic carbocycles. The lowest BCUT2D eigenvalue weighted by Gasteiger charge is -2.30. The van der Waals surface area contributed by atoms with E-state index in [9.17, 15) is 0 Å². The van der Waals surface area contributed by atoms with Gasteiger partial charge < -0.3 is 10.3 Å². The number of rotatable bonds is 3. The molecule has 2 atom stereocenters. The zero-order chi connectivity index (χ0) is 11.7. The molecule has 2 rings (SSSR count). The summed E-state index contributed by atoms with van der Waals surface area (Å²) in [5.41, 5.74) is 7.50. The maximum absolute atomic E-state index is 6.24. The number of aryl methyl sites for hydroxylation is 1. The maximum Gasteiger partial charge on any atom is 0.0948 e. The maximum atomic E-state index is 6.24. The monoisotopic (exact) mass is 222 g/mol. The quantitative estimate of drug-likeness (QED) is 0.840. The molecule has 90 valence electrons. The first-order valence-corrected chi connectivity index (χ1v) is 6.16. The van der Waals surface area contributed by atoms with Crippen molar-refractivity contribution in [3.8, 4) is 0 Å². The summed E-state index contributed by atoms with van der Waals surface area (Å²) >= 11 is 0. The predicted molar refractivity (Wildman–Crippen MR) is 65.1 cm³/mol. The minimum atomic E-state index is 0.240. The fraction of sp³-hybridized carbons (Fsp3) is 0.750. The molecule has 2 N–H and O–H groups in total. The van der Waals surface area contributed by atoms with Gasteiger partial charge in [0, 0.05) is 31.4 Å². The van der Waals surface area contributed by atoms with E-state index < -0.39 is 0 Å². The fourth-order valence-electron chi connectivity index (χ4n) is 2.65. The number of hydrogen-bond acceptors (Lipinski definition) is 3. The van der Waals surface area contributed by atoms with Gasteiger partial charge in [-0.3, -0.25) is 4.90 Å². The van der Waals surface area contributed by atoms with Gasteiger partial charge >= 0.3 is 0 Å². The Hall–Kier alpha value is -0.870. The standard InChI is InChI=1S/C12H22N4/c1-4-15-8-14-7-11(15)12-10(13)5-6-16(12)9(2)3/h7-10,12H,4-6,13H2,1-3H3. The van der Waals surface area contributed by atoms with Crippen LogP contribution in [0.1, 0.15) is 38.9 Å². The van der Waals surface area contributed by atoms with Gasteiger partial charge in [0.05, 0.1) is 18.1 Å². The second kappa shape index (κ2) is 4.55. The highest BCUT2D eigenvalue weighted by Gasteiger charge is 2.35. The Morgan fingerprint density at radius 3 is 2.94 bits per heavy atom. The SMILES string of the molecule is CCn1cncc1C1C(N)CCN1C(C)C. The summed E-state index contributed by atoms with van der Waals surface area (Å²) in [6.45, 7) is 8.67. The summed E-state index contributed by atoms with van der Waals surface area (Å²) in [4.78, 5) is 6.73. The molecule has 1 aromatic rings. The number of nitrogens with zero attached hydrogens (tertiary/aromatic N) is 3. The van der Waals surface area contributed by atoms with Gasteiger partial charge in [-0.1, -0.05) is 0 Å². The molecule has 1 aromatic heterocycles. The van der Waals surface area contributed by atoms with Crippen LogP contribution >= 0.6 is 0 Å². The van der Waals surface area contributed by atoms with Crippen molar-refractivity contribution in [1.29, 1.82) is 0 Å². The van der Waals surface area contributed by atoms with Crippen LogP contribution in [0.3, 0.4) is 0 Å². The molecule has 1 aliphatic heterocycles. The van der Waals surface area contributed by atoms with E-state index in [4.69, 9.17) is 5.73 Å². The van der Waals surface area contributed by atoms with Gasteiger partial charge in [-0.05, 0) is 27.2 Å². The molecular formula is C12H22N4. The molecule has 0 amide bonds. The summed E-state index contributed by atoms with van der Waals surface area (Å²) in [5.74, 6) is 0. The van der Waals surface area contributed by atoms with Crippen LogP contribution in [0.4, 0.5) is 0 Å². The zero-order valence-corrected chi connectivity index (χ0v) is 10.4. The third kappa shape index (κ3) is 1.87. The van der Waals surface area contributed by atoms with Crippen LogP contribution in [-0.2, 0) is 6.54 Å². The first-order valence-electron chi connectivity index (χ1n) is 6.16. The van der Waals surface area contributed by atoms with E-state index >= 15 is 0 Å². The Balaban J connectivity index is 2.30. The van der Waals surface area contributed by atoms with Crippen LogP contribution < -0.4 is 5.73 Å². The molecule has 0 saturated carbocycles. The van der Waals surface area contributed by atoms with E-state index in [0.717, 1.165) is 19.5 Å². The fourth-order valence-corrected chi connectivity index (χ4v) is 2.65. The summed E-state index contributed by atoms with van der Waals surface area (Å²) in [5, 5.41) is 0. The lowest BCUT2D eigenvalue weighted by Crippen LogP contribution is -2.37. The van der Waals surface area contributed by atoms with Gasteiger partial charge in [-0.2, -0.15) is 0 Å². The minimum absolute atomic E-state index is 0.240. The highest BCUT2D eigenvalue weighted by Crippen LogP contribution is 2.32. The second-order valence-corrected chi connectivity index (χ2v) is 4.83. The normalized spacial score (nSPS) is 26.8. The van der Waals surface area contributed by atoms with Crippen LogP contribution in [0.5, 0.6) is 0 Å². The first kappa shape index (κ1) is 11.6. The van der Waals surface area contributed by atoms with Gasteiger partial charge in [-0.25, -0.2) is 4.98 Å². The van der Waals surface area contributed by atoms with E-state index in [2.05, 4.69) is 35.2 Å². The molecular weight excluding hydrogens is 200 g/mol. The van der Waals surface area contributed by atoms with E-state index in [0.29, 0.717) is 12.1 Å². The van der Waals surface area contributed by atoms with Crippen molar-refractivity contribution >= 4 is 0 Å². The minimum Gasteiger partial charge on any atom is -0.333 e. The largest absolute Gasteiger partial charge is 0.333 e. The van der Waals surface area contributed by atoms with Crippen LogP contribution in [0.2, 0.25) is 0 Å². The van der Waals surface area contributed by atoms with Crippen molar-refractivity contribution < 1.29 is 0 Å². The van der Waals surface area contributed by atoms with Crippen molar-refractivity contribution in [3.63, 3.8) is 0 Å². The lowest BCUT2D eigenvalue weighted by atomic mass is 10.1. The average Bonchev–Trinajstić information content (AvgIpc) is 2.82. The summed E-state index contributed by atoms with van der Waals surface area (Å²) < 4.78 is 2.20. The molecule has 0 spiro atoms. The van der Waals surface area contributed by atoms with Crippen molar-refractivity contribution in [1.82, 2.24) is 14.5 Å². The third-order valence-electron chi connectivity index (χ3n) is 3.53. The molecule has 4 nitrogen and oxygen atoms in total. The van der Waals surface area contributed by atoms with E-state index in [-0.39, 0.29) is 6.04 Å². The molecule has 1 fully saturated rings. The van der Waals surface area contributed by atoms with Gasteiger partial charge in [0.2, 0.25) is 0 Å². The summed E-state index contributed by atoms with van der Waals surface area (Å²) in [6, 6.07) is 1.12. The van der Waals surface area contributed by atoms with Crippen LogP contribution in [0.15, 0.2) is 12.5 Å².